The summed E-state index contributed by atoms with van der Waals surface area (Å²) in [5.41, 5.74) is 0. The molecule has 2 atom stereocenters. The van der Waals surface area contributed by atoms with Crippen LogP contribution >= 0.6 is 0 Å². The highest BCUT2D eigenvalue weighted by Gasteiger charge is 2.36. The summed E-state index contributed by atoms with van der Waals surface area (Å²) in [7, 11) is 3.92. The van der Waals surface area contributed by atoms with Gasteiger partial charge in [0.05, 0.1) is 0 Å². The molecule has 0 unspecified atom stereocenters. The van der Waals surface area contributed by atoms with Crippen molar-refractivity contribution in [3.8, 4) is 0 Å². The number of ether oxygens (including phenoxy) is 1. The van der Waals surface area contributed by atoms with Crippen molar-refractivity contribution < 1.29 is 19.4 Å². The molecule has 110 valence electrons. The Morgan fingerprint density at radius 3 is 2.26 bits per heavy atom. The van der Waals surface area contributed by atoms with Gasteiger partial charge >= 0.3 is 5.97 Å². The average molecular weight is 272 g/mol. The Hall–Kier alpha value is -1.14. The second kappa shape index (κ2) is 7.45. The van der Waals surface area contributed by atoms with Gasteiger partial charge in [-0.05, 0) is 33.4 Å². The fraction of sp³-hybridized carbons (Fsp3) is 0.846. The first kappa shape index (κ1) is 15.9. The maximum atomic E-state index is 12.3. The van der Waals surface area contributed by atoms with Gasteiger partial charge in [-0.15, -0.1) is 0 Å². The average Bonchev–Trinajstić information content (AvgIpc) is 2.83. The van der Waals surface area contributed by atoms with Crippen LogP contribution in [0.5, 0.6) is 0 Å². The Morgan fingerprint density at radius 1 is 1.16 bits per heavy atom. The first-order valence-corrected chi connectivity index (χ1v) is 6.77. The molecular formula is C13H24N2O4. The van der Waals surface area contributed by atoms with E-state index in [0.29, 0.717) is 25.9 Å². The fourth-order valence-corrected chi connectivity index (χ4v) is 2.13. The summed E-state index contributed by atoms with van der Waals surface area (Å²) in [4.78, 5) is 26.9. The summed E-state index contributed by atoms with van der Waals surface area (Å²) >= 11 is 0. The molecule has 0 aromatic rings. The molecule has 1 aliphatic heterocycles. The monoisotopic (exact) mass is 272 g/mol. The van der Waals surface area contributed by atoms with Crippen LogP contribution in [0.25, 0.3) is 0 Å². The number of amides is 1. The van der Waals surface area contributed by atoms with E-state index < -0.39 is 18.2 Å². The summed E-state index contributed by atoms with van der Waals surface area (Å²) in [5, 5.41) is 8.87. The van der Waals surface area contributed by atoms with Gasteiger partial charge in [0.2, 0.25) is 0 Å². The van der Waals surface area contributed by atoms with E-state index in [-0.39, 0.29) is 5.91 Å². The van der Waals surface area contributed by atoms with Crippen molar-refractivity contribution in [2.24, 2.45) is 0 Å². The number of hydrogen-bond acceptors (Lipinski definition) is 4. The van der Waals surface area contributed by atoms with Crippen LogP contribution in [0.2, 0.25) is 0 Å². The predicted molar refractivity (Wildman–Crippen MR) is 71.0 cm³/mol. The van der Waals surface area contributed by atoms with Gasteiger partial charge in [0.25, 0.3) is 5.91 Å². The van der Waals surface area contributed by atoms with Gasteiger partial charge < -0.3 is 19.6 Å². The normalized spacial score (nSPS) is 22.7. The van der Waals surface area contributed by atoms with Crippen molar-refractivity contribution in [2.75, 3.05) is 33.7 Å². The number of likely N-dealkylation sites (N-methyl/N-ethyl adjacent to an activating group) is 1. The standard InChI is InChI=1S/C13H24N2O4/c1-4-7-15(9-8-14(2)3)12(16)10-5-6-11(19-10)13(17)18/h10-11H,4-9H2,1-3H3,(H,17,18)/t10-,11+/m0/s1. The number of carbonyl (C=O) groups excluding carboxylic acids is 1. The van der Waals surface area contributed by atoms with E-state index >= 15 is 0 Å². The molecule has 0 aromatic carbocycles. The minimum Gasteiger partial charge on any atom is -0.479 e. The molecule has 1 heterocycles. The maximum absolute atomic E-state index is 12.3. The molecule has 0 aromatic heterocycles. The number of nitrogens with zero attached hydrogens (tertiary/aromatic N) is 2. The Kier molecular flexibility index (Phi) is 6.24. The van der Waals surface area contributed by atoms with E-state index in [2.05, 4.69) is 0 Å². The van der Waals surface area contributed by atoms with Crippen molar-refractivity contribution >= 4 is 11.9 Å². The van der Waals surface area contributed by atoms with Crippen LogP contribution in [0.15, 0.2) is 0 Å². The molecule has 1 rings (SSSR count). The van der Waals surface area contributed by atoms with Crippen molar-refractivity contribution in [3.63, 3.8) is 0 Å². The van der Waals surface area contributed by atoms with Crippen LogP contribution in [-0.2, 0) is 14.3 Å². The fourth-order valence-electron chi connectivity index (χ4n) is 2.13. The second-order valence-electron chi connectivity index (χ2n) is 5.16. The second-order valence-corrected chi connectivity index (χ2v) is 5.16. The quantitative estimate of drug-likeness (QED) is 0.727. The third kappa shape index (κ3) is 4.80. The van der Waals surface area contributed by atoms with Crippen LogP contribution in [0.4, 0.5) is 0 Å². The summed E-state index contributed by atoms with van der Waals surface area (Å²) in [6.07, 6.45) is 0.382. The van der Waals surface area contributed by atoms with E-state index in [1.165, 1.54) is 0 Å². The van der Waals surface area contributed by atoms with Crippen LogP contribution in [0.3, 0.4) is 0 Å². The Bertz CT molecular complexity index is 320. The first-order chi connectivity index (χ1) is 8.95. The molecule has 1 N–H and O–H groups in total. The summed E-state index contributed by atoms with van der Waals surface area (Å²) in [6.45, 7) is 4.15. The van der Waals surface area contributed by atoms with Crippen molar-refractivity contribution in [1.82, 2.24) is 9.80 Å². The number of aliphatic carboxylic acids is 1. The Labute approximate surface area is 114 Å². The van der Waals surface area contributed by atoms with E-state index in [1.54, 1.807) is 4.90 Å². The lowest BCUT2D eigenvalue weighted by atomic mass is 10.1. The van der Waals surface area contributed by atoms with Crippen molar-refractivity contribution in [2.45, 2.75) is 38.4 Å². The largest absolute Gasteiger partial charge is 0.479 e. The summed E-state index contributed by atoms with van der Waals surface area (Å²) < 4.78 is 5.31. The zero-order valence-corrected chi connectivity index (χ0v) is 12.0. The highest BCUT2D eigenvalue weighted by atomic mass is 16.5. The predicted octanol–water partition coefficient (Wildman–Crippen LogP) is 0.419. The number of carboxylic acid groups (broad SMARTS) is 1. The lowest BCUT2D eigenvalue weighted by Crippen LogP contribution is -2.43. The molecule has 1 aliphatic rings. The van der Waals surface area contributed by atoms with Gasteiger partial charge in [-0.1, -0.05) is 6.92 Å². The van der Waals surface area contributed by atoms with E-state index in [4.69, 9.17) is 9.84 Å². The molecule has 19 heavy (non-hydrogen) atoms. The van der Waals surface area contributed by atoms with Crippen molar-refractivity contribution in [3.05, 3.63) is 0 Å². The third-order valence-electron chi connectivity index (χ3n) is 3.19. The number of hydrogen-bond donors (Lipinski definition) is 1. The number of carbonyl (C=O) groups is 2. The molecule has 1 saturated heterocycles. The lowest BCUT2D eigenvalue weighted by Gasteiger charge is -2.26. The topological polar surface area (TPSA) is 70.1 Å². The van der Waals surface area contributed by atoms with Gasteiger partial charge in [-0.25, -0.2) is 4.79 Å². The highest BCUT2D eigenvalue weighted by Crippen LogP contribution is 2.21. The zero-order chi connectivity index (χ0) is 14.4. The van der Waals surface area contributed by atoms with Gasteiger partial charge in [-0.2, -0.15) is 0 Å². The van der Waals surface area contributed by atoms with E-state index in [1.807, 2.05) is 25.9 Å². The van der Waals surface area contributed by atoms with Crippen LogP contribution in [-0.4, -0.2) is 72.7 Å². The SMILES string of the molecule is CCCN(CCN(C)C)C(=O)[C@@H]1CC[C@H](C(=O)O)O1. The zero-order valence-electron chi connectivity index (χ0n) is 12.0. The number of carboxylic acids is 1. The minimum absolute atomic E-state index is 0.0764. The molecule has 1 fully saturated rings. The highest BCUT2D eigenvalue weighted by molar-refractivity contribution is 5.82. The molecule has 0 radical (unpaired) electrons. The van der Waals surface area contributed by atoms with Gasteiger partial charge in [0, 0.05) is 19.6 Å². The molecular weight excluding hydrogens is 248 g/mol. The smallest absolute Gasteiger partial charge is 0.332 e. The van der Waals surface area contributed by atoms with Gasteiger partial charge in [0.15, 0.2) is 6.10 Å². The molecule has 6 heteroatoms. The molecule has 1 amide bonds. The third-order valence-corrected chi connectivity index (χ3v) is 3.19. The van der Waals surface area contributed by atoms with Gasteiger partial charge in [-0.3, -0.25) is 4.79 Å². The molecule has 0 aliphatic carbocycles. The Morgan fingerprint density at radius 2 is 1.79 bits per heavy atom. The molecule has 6 nitrogen and oxygen atoms in total. The van der Waals surface area contributed by atoms with Crippen LogP contribution in [0, 0.1) is 0 Å². The molecule has 0 spiro atoms. The first-order valence-electron chi connectivity index (χ1n) is 6.77. The summed E-state index contributed by atoms with van der Waals surface area (Å²) in [6, 6.07) is 0. The summed E-state index contributed by atoms with van der Waals surface area (Å²) in [5.74, 6) is -1.06. The van der Waals surface area contributed by atoms with Crippen LogP contribution in [0.1, 0.15) is 26.2 Å². The number of rotatable bonds is 7. The minimum atomic E-state index is -0.981. The van der Waals surface area contributed by atoms with Gasteiger partial charge in [0.1, 0.15) is 6.10 Å². The van der Waals surface area contributed by atoms with E-state index in [0.717, 1.165) is 13.0 Å². The van der Waals surface area contributed by atoms with Crippen LogP contribution < -0.4 is 0 Å². The lowest BCUT2D eigenvalue weighted by molar-refractivity contribution is -0.154. The molecule has 0 bridgehead atoms. The van der Waals surface area contributed by atoms with E-state index in [9.17, 15) is 9.59 Å². The van der Waals surface area contributed by atoms with Crippen molar-refractivity contribution in [1.29, 1.82) is 0 Å². The molecule has 0 saturated carbocycles. The maximum Gasteiger partial charge on any atom is 0.332 e. The Balaban J connectivity index is 2.54.